The molecule has 0 saturated carbocycles. The molecule has 4 heteroatoms. The Morgan fingerprint density at radius 2 is 1.77 bits per heavy atom. The molecule has 0 spiro atoms. The van der Waals surface area contributed by atoms with E-state index in [0.29, 0.717) is 12.6 Å². The van der Waals surface area contributed by atoms with Crippen LogP contribution in [0, 0.1) is 0 Å². The lowest BCUT2D eigenvalue weighted by molar-refractivity contribution is -0.0998. The van der Waals surface area contributed by atoms with Gasteiger partial charge in [-0.25, -0.2) is 0 Å². The van der Waals surface area contributed by atoms with Gasteiger partial charge >= 0.3 is 0 Å². The highest BCUT2D eigenvalue weighted by Crippen LogP contribution is 1.93. The van der Waals surface area contributed by atoms with Crippen molar-refractivity contribution in [2.75, 3.05) is 34.5 Å². The van der Waals surface area contributed by atoms with Gasteiger partial charge < -0.3 is 19.5 Å². The second-order valence-corrected chi connectivity index (χ2v) is 2.99. The van der Waals surface area contributed by atoms with E-state index >= 15 is 0 Å². The summed E-state index contributed by atoms with van der Waals surface area (Å²) >= 11 is 0. The predicted octanol–water partition coefficient (Wildman–Crippen LogP) is 0.620. The van der Waals surface area contributed by atoms with Crippen LogP contribution in [0.2, 0.25) is 0 Å². The molecule has 0 aromatic carbocycles. The molecule has 0 fully saturated rings. The normalized spacial score (nSPS) is 13.6. The van der Waals surface area contributed by atoms with Crippen molar-refractivity contribution >= 4 is 0 Å². The average Bonchev–Trinajstić information content (AvgIpc) is 2.16. The third kappa shape index (κ3) is 6.95. The summed E-state index contributed by atoms with van der Waals surface area (Å²) in [6, 6.07) is 0.424. The fraction of sp³-hybridized carbons (Fsp3) is 1.00. The number of hydrogen-bond acceptors (Lipinski definition) is 4. The molecule has 0 aromatic heterocycles. The first-order valence-electron chi connectivity index (χ1n) is 4.52. The van der Waals surface area contributed by atoms with Crippen LogP contribution in [0.15, 0.2) is 0 Å². The highest BCUT2D eigenvalue weighted by atomic mass is 16.7. The van der Waals surface area contributed by atoms with Gasteiger partial charge in [0, 0.05) is 40.5 Å². The molecular weight excluding hydrogens is 170 g/mol. The van der Waals surface area contributed by atoms with Crippen LogP contribution in [0.5, 0.6) is 0 Å². The first kappa shape index (κ1) is 12.8. The quantitative estimate of drug-likeness (QED) is 0.571. The van der Waals surface area contributed by atoms with Gasteiger partial charge in [0.25, 0.3) is 0 Å². The van der Waals surface area contributed by atoms with Crippen LogP contribution in [-0.2, 0) is 14.2 Å². The van der Waals surface area contributed by atoms with Crippen LogP contribution >= 0.6 is 0 Å². The molecule has 0 heterocycles. The minimum atomic E-state index is -0.162. The number of hydrogen-bond donors (Lipinski definition) is 1. The van der Waals surface area contributed by atoms with Crippen molar-refractivity contribution in [3.63, 3.8) is 0 Å². The summed E-state index contributed by atoms with van der Waals surface area (Å²) in [5.74, 6) is 0. The van der Waals surface area contributed by atoms with Gasteiger partial charge in [-0.2, -0.15) is 0 Å². The summed E-state index contributed by atoms with van der Waals surface area (Å²) in [6.07, 6.45) is 0.835. The van der Waals surface area contributed by atoms with Gasteiger partial charge in [0.05, 0.1) is 0 Å². The number of methoxy groups -OCH3 is 3. The smallest absolute Gasteiger partial charge is 0.169 e. The molecule has 0 rings (SSSR count). The van der Waals surface area contributed by atoms with E-state index in [9.17, 15) is 0 Å². The maximum absolute atomic E-state index is 5.04. The van der Waals surface area contributed by atoms with Gasteiger partial charge in [0.2, 0.25) is 0 Å². The van der Waals surface area contributed by atoms with E-state index in [1.165, 1.54) is 0 Å². The molecule has 0 aliphatic carbocycles. The molecular formula is C9H21NO3. The van der Waals surface area contributed by atoms with E-state index in [-0.39, 0.29) is 6.29 Å². The molecule has 0 amide bonds. The van der Waals surface area contributed by atoms with E-state index in [1.54, 1.807) is 21.3 Å². The number of rotatable bonds is 8. The Hall–Kier alpha value is -0.160. The third-order valence-corrected chi connectivity index (χ3v) is 1.91. The Morgan fingerprint density at radius 1 is 1.15 bits per heavy atom. The molecule has 13 heavy (non-hydrogen) atoms. The molecule has 0 radical (unpaired) electrons. The highest BCUT2D eigenvalue weighted by Gasteiger charge is 2.06. The largest absolute Gasteiger partial charge is 0.385 e. The maximum atomic E-state index is 5.04. The number of nitrogens with one attached hydrogen (secondary N) is 1. The van der Waals surface area contributed by atoms with E-state index < -0.39 is 0 Å². The van der Waals surface area contributed by atoms with Crippen LogP contribution in [0.4, 0.5) is 0 Å². The summed E-state index contributed by atoms with van der Waals surface area (Å²) in [5.41, 5.74) is 0. The Bertz CT molecular complexity index is 107. The molecule has 0 aromatic rings. The average molecular weight is 191 g/mol. The zero-order chi connectivity index (χ0) is 10.1. The highest BCUT2D eigenvalue weighted by molar-refractivity contribution is 4.61. The molecule has 80 valence electrons. The molecule has 1 unspecified atom stereocenters. The van der Waals surface area contributed by atoms with E-state index in [4.69, 9.17) is 14.2 Å². The summed E-state index contributed by atoms with van der Waals surface area (Å²) in [5, 5.41) is 3.29. The van der Waals surface area contributed by atoms with Gasteiger partial charge in [-0.05, 0) is 13.3 Å². The minimum absolute atomic E-state index is 0.162. The van der Waals surface area contributed by atoms with E-state index in [1.807, 2.05) is 0 Å². The first-order valence-corrected chi connectivity index (χ1v) is 4.52. The van der Waals surface area contributed by atoms with Crippen LogP contribution in [0.25, 0.3) is 0 Å². The lowest BCUT2D eigenvalue weighted by atomic mass is 10.2. The van der Waals surface area contributed by atoms with Crippen molar-refractivity contribution in [2.24, 2.45) is 0 Å². The molecule has 1 atom stereocenters. The standard InChI is InChI=1S/C9H21NO3/c1-8(5-6-11-2)10-7-9(12-3)13-4/h8-10H,5-7H2,1-4H3. The molecule has 0 aliphatic heterocycles. The summed E-state index contributed by atoms with van der Waals surface area (Å²) < 4.78 is 15.0. The second kappa shape index (κ2) is 8.44. The lowest BCUT2D eigenvalue weighted by Crippen LogP contribution is -2.36. The summed E-state index contributed by atoms with van der Waals surface area (Å²) in [6.45, 7) is 3.60. The van der Waals surface area contributed by atoms with Crippen LogP contribution < -0.4 is 5.32 Å². The van der Waals surface area contributed by atoms with Gasteiger partial charge in [0.1, 0.15) is 0 Å². The van der Waals surface area contributed by atoms with Crippen LogP contribution in [0.1, 0.15) is 13.3 Å². The van der Waals surface area contributed by atoms with Crippen molar-refractivity contribution in [3.8, 4) is 0 Å². The zero-order valence-electron chi connectivity index (χ0n) is 9.00. The van der Waals surface area contributed by atoms with Crippen molar-refractivity contribution < 1.29 is 14.2 Å². The van der Waals surface area contributed by atoms with Crippen molar-refractivity contribution in [3.05, 3.63) is 0 Å². The second-order valence-electron chi connectivity index (χ2n) is 2.99. The lowest BCUT2D eigenvalue weighted by Gasteiger charge is -2.18. The summed E-state index contributed by atoms with van der Waals surface area (Å²) in [4.78, 5) is 0. The van der Waals surface area contributed by atoms with Crippen molar-refractivity contribution in [1.29, 1.82) is 0 Å². The van der Waals surface area contributed by atoms with Crippen molar-refractivity contribution in [2.45, 2.75) is 25.7 Å². The van der Waals surface area contributed by atoms with Gasteiger partial charge in [-0.3, -0.25) is 0 Å². The molecule has 4 nitrogen and oxygen atoms in total. The molecule has 0 bridgehead atoms. The SMILES string of the molecule is COCCC(C)NCC(OC)OC. The molecule has 1 N–H and O–H groups in total. The minimum Gasteiger partial charge on any atom is -0.385 e. The van der Waals surface area contributed by atoms with Gasteiger partial charge in [-0.1, -0.05) is 0 Å². The van der Waals surface area contributed by atoms with E-state index in [0.717, 1.165) is 13.0 Å². The third-order valence-electron chi connectivity index (χ3n) is 1.91. The number of ether oxygens (including phenoxy) is 3. The molecule has 0 aliphatic rings. The summed E-state index contributed by atoms with van der Waals surface area (Å²) in [7, 11) is 4.98. The van der Waals surface area contributed by atoms with Crippen molar-refractivity contribution in [1.82, 2.24) is 5.32 Å². The predicted molar refractivity (Wildman–Crippen MR) is 51.8 cm³/mol. The van der Waals surface area contributed by atoms with Gasteiger partial charge in [0.15, 0.2) is 6.29 Å². The van der Waals surface area contributed by atoms with Crippen LogP contribution in [-0.4, -0.2) is 46.8 Å². The fourth-order valence-corrected chi connectivity index (χ4v) is 0.957. The Labute approximate surface area is 80.5 Å². The Morgan fingerprint density at radius 3 is 2.23 bits per heavy atom. The maximum Gasteiger partial charge on any atom is 0.169 e. The van der Waals surface area contributed by atoms with Crippen LogP contribution in [0.3, 0.4) is 0 Å². The molecule has 0 saturated heterocycles. The Balaban J connectivity index is 3.38. The fourth-order valence-electron chi connectivity index (χ4n) is 0.957. The Kier molecular flexibility index (Phi) is 8.33. The monoisotopic (exact) mass is 191 g/mol. The van der Waals surface area contributed by atoms with E-state index in [2.05, 4.69) is 12.2 Å². The van der Waals surface area contributed by atoms with Gasteiger partial charge in [-0.15, -0.1) is 0 Å². The topological polar surface area (TPSA) is 39.7 Å². The zero-order valence-corrected chi connectivity index (χ0v) is 9.00. The first-order chi connectivity index (χ1) is 6.24.